The monoisotopic (exact) mass is 116 g/mol. The van der Waals surface area contributed by atoms with Crippen molar-refractivity contribution in [2.75, 3.05) is 0 Å². The Morgan fingerprint density at radius 1 is 1.80 bits per heavy atom. The first-order valence-electron chi connectivity index (χ1n) is 0.697. The third kappa shape index (κ3) is 274. The summed E-state index contributed by atoms with van der Waals surface area (Å²) in [6.45, 7) is 0. The molecule has 0 aliphatic carbocycles. The molecule has 3 nitrogen and oxygen atoms in total. The zero-order valence-electron chi connectivity index (χ0n) is 2.25. The van der Waals surface area contributed by atoms with Crippen LogP contribution in [-0.4, -0.2) is 6.09 Å². The minimum absolute atomic E-state index is 0. The predicted molar refractivity (Wildman–Crippen MR) is 9.58 cm³/mol. The normalized spacial score (nSPS) is 4.80. The predicted octanol–water partition coefficient (Wildman–Crippen LogP) is -1.71. The molecule has 0 aromatic heterocycles. The van der Waals surface area contributed by atoms with Gasteiger partial charge in [-0.05, 0) is 0 Å². The summed E-state index contributed by atoms with van der Waals surface area (Å²) in [5.74, 6) is 0. The van der Waals surface area contributed by atoms with Crippen molar-refractivity contribution in [1.82, 2.24) is 0 Å². The maximum absolute atomic E-state index is 8.67. The third-order valence-corrected chi connectivity index (χ3v) is 0. The van der Waals surface area contributed by atoms with Gasteiger partial charge in [0.2, 0.25) is 0 Å². The van der Waals surface area contributed by atoms with E-state index >= 15 is 0 Å². The van der Waals surface area contributed by atoms with Gasteiger partial charge in [-0.1, -0.05) is 0 Å². The average Bonchev–Trinajstić information content (AvgIpc) is 0.811. The van der Waals surface area contributed by atoms with Crippen molar-refractivity contribution >= 4 is 6.09 Å². The summed E-state index contributed by atoms with van der Waals surface area (Å²) >= 11 is 0. The van der Waals surface area contributed by atoms with Crippen LogP contribution < -0.4 is 10.8 Å². The van der Waals surface area contributed by atoms with Gasteiger partial charge in [-0.3, -0.25) is 0 Å². The van der Waals surface area contributed by atoms with Crippen molar-refractivity contribution in [1.29, 1.82) is 0 Å². The van der Waals surface area contributed by atoms with Crippen LogP contribution in [0.15, 0.2) is 0 Å². The Balaban J connectivity index is 0. The quantitative estimate of drug-likeness (QED) is 0.382. The molecule has 1 radical (unpaired) electrons. The molecule has 0 aromatic carbocycles. The number of carboxylic acid groups (broad SMARTS) is 1. The van der Waals surface area contributed by atoms with Crippen molar-refractivity contribution in [3.63, 3.8) is 0 Å². The van der Waals surface area contributed by atoms with Crippen molar-refractivity contribution in [2.45, 2.75) is 0 Å². The molecule has 0 heterocycles. The second-order valence-electron chi connectivity index (χ2n) is 0.319. The molecule has 2 N–H and O–H groups in total. The molecule has 0 rings (SSSR count). The second-order valence-corrected chi connectivity index (χ2v) is 0.319. The first kappa shape index (κ1) is 8.84. The van der Waals surface area contributed by atoms with Crippen LogP contribution in [0, 0.1) is 0 Å². The number of carbonyl (C=O) groups is 1. The number of carbonyl (C=O) groups excluding carboxylic acids is 1. The minimum atomic E-state index is -1.58. The van der Waals surface area contributed by atoms with E-state index in [0.29, 0.717) is 0 Å². The Bertz CT molecular complexity index is 32.6. The van der Waals surface area contributed by atoms with Crippen LogP contribution in [0.2, 0.25) is 0 Å². The number of hydrogen-bond donors (Lipinski definition) is 1. The number of primary amides is 1. The number of nitrogens with two attached hydrogens (primary N) is 1. The summed E-state index contributed by atoms with van der Waals surface area (Å²) in [5, 5.41) is 8.67. The molecule has 0 aliphatic heterocycles. The van der Waals surface area contributed by atoms with E-state index < -0.39 is 6.09 Å². The molecule has 31 valence electrons. The summed E-state index contributed by atoms with van der Waals surface area (Å²) in [7, 11) is 0. The topological polar surface area (TPSA) is 66.2 Å². The van der Waals surface area contributed by atoms with E-state index in [0.717, 1.165) is 0 Å². The molecule has 0 fully saturated rings. The molecular weight excluding hydrogens is 114 g/mol. The first-order chi connectivity index (χ1) is 1.73. The van der Waals surface area contributed by atoms with Gasteiger partial charge in [-0.15, -0.1) is 0 Å². The molecule has 0 saturated carbocycles. The van der Waals surface area contributed by atoms with Gasteiger partial charge < -0.3 is 15.6 Å². The standard InChI is InChI=1S/CH3NO2.Fe/c2-1(3)4;/h2H2,(H,3,4);/q;+1/p-1. The van der Waals surface area contributed by atoms with E-state index in [-0.39, 0.29) is 17.1 Å². The largest absolute Gasteiger partial charge is 1.00 e. The number of hydrogen-bond acceptors (Lipinski definition) is 2. The smallest absolute Gasteiger partial charge is 0.530 e. The number of rotatable bonds is 0. The molecule has 0 aromatic rings. The van der Waals surface area contributed by atoms with Gasteiger partial charge in [-0.2, -0.15) is 0 Å². The number of amides is 1. The van der Waals surface area contributed by atoms with E-state index in [1.807, 2.05) is 0 Å². The third-order valence-electron chi connectivity index (χ3n) is 0. The maximum Gasteiger partial charge on any atom is 1.00 e. The molecule has 1 amide bonds. The molecule has 0 unspecified atom stereocenters. The van der Waals surface area contributed by atoms with E-state index in [4.69, 9.17) is 9.90 Å². The Labute approximate surface area is 39.6 Å². The van der Waals surface area contributed by atoms with Crippen LogP contribution in [0.5, 0.6) is 0 Å². The fourth-order valence-corrected chi connectivity index (χ4v) is 0. The SMILES string of the molecule is NC(=O)[O-].[Fe+]. The van der Waals surface area contributed by atoms with E-state index in [9.17, 15) is 0 Å². The Hall–Kier alpha value is -0.211. The second kappa shape index (κ2) is 3.79. The van der Waals surface area contributed by atoms with Crippen molar-refractivity contribution < 1.29 is 27.0 Å². The summed E-state index contributed by atoms with van der Waals surface area (Å²) in [4.78, 5) is 8.67. The van der Waals surface area contributed by atoms with Crippen LogP contribution in [0.3, 0.4) is 0 Å². The Morgan fingerprint density at radius 3 is 1.80 bits per heavy atom. The molecule has 4 heteroatoms. The molecule has 0 spiro atoms. The van der Waals surface area contributed by atoms with E-state index in [1.165, 1.54) is 0 Å². The molecule has 0 bridgehead atoms. The van der Waals surface area contributed by atoms with Crippen LogP contribution in [0.25, 0.3) is 0 Å². The fraction of sp³-hybridized carbons (Fsp3) is 0. The van der Waals surface area contributed by atoms with Gasteiger partial charge >= 0.3 is 17.1 Å². The molecule has 0 aliphatic rings. The van der Waals surface area contributed by atoms with Crippen molar-refractivity contribution in [2.24, 2.45) is 5.73 Å². The average molecular weight is 116 g/mol. The zero-order chi connectivity index (χ0) is 3.58. The summed E-state index contributed by atoms with van der Waals surface area (Å²) in [6.07, 6.45) is -1.58. The van der Waals surface area contributed by atoms with Crippen molar-refractivity contribution in [3.05, 3.63) is 0 Å². The van der Waals surface area contributed by atoms with Gasteiger partial charge in [-0.25, -0.2) is 0 Å². The first-order valence-corrected chi connectivity index (χ1v) is 0.697. The van der Waals surface area contributed by atoms with E-state index in [2.05, 4.69) is 5.73 Å². The Kier molecular flexibility index (Phi) is 6.70. The molecule has 5 heavy (non-hydrogen) atoms. The summed E-state index contributed by atoms with van der Waals surface area (Å²) in [6, 6.07) is 0. The van der Waals surface area contributed by atoms with E-state index in [1.54, 1.807) is 0 Å². The Morgan fingerprint density at radius 2 is 1.80 bits per heavy atom. The summed E-state index contributed by atoms with van der Waals surface area (Å²) < 4.78 is 0. The van der Waals surface area contributed by atoms with Gasteiger partial charge in [0.25, 0.3) is 0 Å². The minimum Gasteiger partial charge on any atom is -0.530 e. The van der Waals surface area contributed by atoms with Crippen LogP contribution in [-0.2, 0) is 17.1 Å². The molecule has 0 saturated heterocycles. The van der Waals surface area contributed by atoms with Gasteiger partial charge in [0.15, 0.2) is 0 Å². The maximum atomic E-state index is 8.67. The zero-order valence-corrected chi connectivity index (χ0v) is 3.35. The van der Waals surface area contributed by atoms with Crippen LogP contribution in [0.4, 0.5) is 4.79 Å². The van der Waals surface area contributed by atoms with Gasteiger partial charge in [0.05, 0.1) is 0 Å². The van der Waals surface area contributed by atoms with Crippen LogP contribution >= 0.6 is 0 Å². The van der Waals surface area contributed by atoms with Gasteiger partial charge in [0, 0.05) is 0 Å². The van der Waals surface area contributed by atoms with Crippen LogP contribution in [0.1, 0.15) is 0 Å². The fourth-order valence-electron chi connectivity index (χ4n) is 0. The summed E-state index contributed by atoms with van der Waals surface area (Å²) in [5.41, 5.74) is 3.92. The van der Waals surface area contributed by atoms with Crippen molar-refractivity contribution in [3.8, 4) is 0 Å². The molecule has 0 atom stereocenters. The molecular formula is CH2FeNO2. The van der Waals surface area contributed by atoms with Gasteiger partial charge in [0.1, 0.15) is 6.09 Å².